The number of nitrogens with one attached hydrogen (secondary N) is 2. The topological polar surface area (TPSA) is 84.5 Å². The van der Waals surface area contributed by atoms with E-state index in [4.69, 9.17) is 16.3 Å². The SMILES string of the molecule is Cc1cccc(C)c1NC(=O)COC(=O)CCC(=O)Nc1cc(C(F)(F)F)ccc1Cl. The molecule has 2 aromatic carbocycles. The number of carbonyl (C=O) groups is 3. The Labute approximate surface area is 181 Å². The molecule has 166 valence electrons. The molecular formula is C21H20ClF3N2O4. The largest absolute Gasteiger partial charge is 0.456 e. The zero-order valence-corrected chi connectivity index (χ0v) is 17.5. The van der Waals surface area contributed by atoms with Gasteiger partial charge in [-0.3, -0.25) is 14.4 Å². The number of ether oxygens (including phenoxy) is 1. The first kappa shape index (κ1) is 24.2. The molecule has 6 nitrogen and oxygen atoms in total. The fraction of sp³-hybridized carbons (Fsp3) is 0.286. The molecule has 0 radical (unpaired) electrons. The number of amides is 2. The van der Waals surface area contributed by atoms with E-state index in [-0.39, 0.29) is 23.6 Å². The van der Waals surface area contributed by atoms with Gasteiger partial charge in [0.1, 0.15) is 0 Å². The molecule has 0 heterocycles. The Hall–Kier alpha value is -3.07. The van der Waals surface area contributed by atoms with E-state index in [0.717, 1.165) is 23.3 Å². The lowest BCUT2D eigenvalue weighted by molar-refractivity contribution is -0.147. The van der Waals surface area contributed by atoms with Gasteiger partial charge in [-0.25, -0.2) is 0 Å². The number of benzene rings is 2. The van der Waals surface area contributed by atoms with Gasteiger partial charge < -0.3 is 15.4 Å². The molecule has 0 aliphatic carbocycles. The molecular weight excluding hydrogens is 437 g/mol. The molecule has 0 aliphatic rings. The van der Waals surface area contributed by atoms with Crippen LogP contribution in [0.1, 0.15) is 29.5 Å². The third-order valence-electron chi connectivity index (χ3n) is 4.23. The van der Waals surface area contributed by atoms with E-state index >= 15 is 0 Å². The molecule has 0 spiro atoms. The Balaban J connectivity index is 1.81. The van der Waals surface area contributed by atoms with Crippen molar-refractivity contribution in [1.29, 1.82) is 0 Å². The molecule has 0 unspecified atom stereocenters. The second-order valence-corrected chi connectivity index (χ2v) is 7.12. The Morgan fingerprint density at radius 2 is 1.61 bits per heavy atom. The van der Waals surface area contributed by atoms with Gasteiger partial charge in [-0.05, 0) is 43.2 Å². The Kier molecular flexibility index (Phi) is 8.04. The quantitative estimate of drug-likeness (QED) is 0.582. The first-order valence-corrected chi connectivity index (χ1v) is 9.53. The van der Waals surface area contributed by atoms with Gasteiger partial charge in [0.05, 0.1) is 22.7 Å². The molecule has 31 heavy (non-hydrogen) atoms. The Morgan fingerprint density at radius 1 is 0.968 bits per heavy atom. The van der Waals surface area contributed by atoms with Crippen molar-refractivity contribution >= 4 is 40.8 Å². The average molecular weight is 457 g/mol. The molecule has 2 aromatic rings. The smallest absolute Gasteiger partial charge is 0.416 e. The van der Waals surface area contributed by atoms with Crippen LogP contribution in [0.25, 0.3) is 0 Å². The van der Waals surface area contributed by atoms with Crippen LogP contribution in [0.5, 0.6) is 0 Å². The number of hydrogen-bond donors (Lipinski definition) is 2. The molecule has 2 N–H and O–H groups in total. The van der Waals surface area contributed by atoms with E-state index in [0.29, 0.717) is 11.8 Å². The summed E-state index contributed by atoms with van der Waals surface area (Å²) in [7, 11) is 0. The number of aryl methyl sites for hydroxylation is 2. The van der Waals surface area contributed by atoms with E-state index < -0.39 is 36.1 Å². The minimum absolute atomic E-state index is 0.0768. The molecule has 0 saturated heterocycles. The number of esters is 1. The lowest BCUT2D eigenvalue weighted by Crippen LogP contribution is -2.22. The number of alkyl halides is 3. The van der Waals surface area contributed by atoms with Crippen molar-refractivity contribution < 1.29 is 32.3 Å². The van der Waals surface area contributed by atoms with Crippen LogP contribution in [0.15, 0.2) is 36.4 Å². The summed E-state index contributed by atoms with van der Waals surface area (Å²) in [5.74, 6) is -2.06. The number of hydrogen-bond acceptors (Lipinski definition) is 4. The van der Waals surface area contributed by atoms with Crippen LogP contribution in [0.4, 0.5) is 24.5 Å². The van der Waals surface area contributed by atoms with Crippen LogP contribution in [0, 0.1) is 13.8 Å². The zero-order valence-electron chi connectivity index (χ0n) is 16.7. The number of anilines is 2. The third kappa shape index (κ3) is 7.29. The molecule has 0 bridgehead atoms. The van der Waals surface area contributed by atoms with Gasteiger partial charge in [-0.1, -0.05) is 29.8 Å². The summed E-state index contributed by atoms with van der Waals surface area (Å²) in [5, 5.41) is 4.81. The van der Waals surface area contributed by atoms with Crippen molar-refractivity contribution in [2.24, 2.45) is 0 Å². The first-order valence-electron chi connectivity index (χ1n) is 9.15. The molecule has 10 heteroatoms. The van der Waals surface area contributed by atoms with E-state index in [2.05, 4.69) is 10.6 Å². The monoisotopic (exact) mass is 456 g/mol. The van der Waals surface area contributed by atoms with Crippen LogP contribution in [-0.4, -0.2) is 24.4 Å². The number of carbonyl (C=O) groups excluding carboxylic acids is 3. The van der Waals surface area contributed by atoms with Crippen LogP contribution in [-0.2, 0) is 25.3 Å². The van der Waals surface area contributed by atoms with Gasteiger partial charge in [0.2, 0.25) is 5.91 Å². The predicted octanol–water partition coefficient (Wildman–Crippen LogP) is 4.88. The molecule has 0 fully saturated rings. The van der Waals surface area contributed by atoms with E-state index in [1.807, 2.05) is 32.0 Å². The summed E-state index contributed by atoms with van der Waals surface area (Å²) >= 11 is 5.81. The minimum atomic E-state index is -4.59. The second kappa shape index (κ2) is 10.3. The van der Waals surface area contributed by atoms with Crippen LogP contribution < -0.4 is 10.6 Å². The van der Waals surface area contributed by atoms with Crippen molar-refractivity contribution in [3.8, 4) is 0 Å². The maximum Gasteiger partial charge on any atom is 0.416 e. The number of para-hydroxylation sites is 1. The van der Waals surface area contributed by atoms with Crippen LogP contribution in [0.2, 0.25) is 5.02 Å². The first-order chi connectivity index (χ1) is 14.5. The van der Waals surface area contributed by atoms with Gasteiger partial charge in [-0.15, -0.1) is 0 Å². The maximum absolute atomic E-state index is 12.8. The van der Waals surface area contributed by atoms with Gasteiger partial charge in [0.15, 0.2) is 6.61 Å². The molecule has 2 rings (SSSR count). The van der Waals surface area contributed by atoms with Gasteiger partial charge in [0, 0.05) is 12.1 Å². The minimum Gasteiger partial charge on any atom is -0.456 e. The third-order valence-corrected chi connectivity index (χ3v) is 4.56. The Morgan fingerprint density at radius 3 is 2.23 bits per heavy atom. The van der Waals surface area contributed by atoms with E-state index in [1.54, 1.807) is 0 Å². The summed E-state index contributed by atoms with van der Waals surface area (Å²) in [4.78, 5) is 35.7. The Bertz CT molecular complexity index is 973. The van der Waals surface area contributed by atoms with Crippen molar-refractivity contribution in [1.82, 2.24) is 0 Å². The molecule has 0 saturated carbocycles. The van der Waals surface area contributed by atoms with Crippen molar-refractivity contribution in [3.63, 3.8) is 0 Å². The summed E-state index contributed by atoms with van der Waals surface area (Å²) in [6.07, 6.45) is -5.31. The summed E-state index contributed by atoms with van der Waals surface area (Å²) in [6.45, 7) is 3.11. The predicted molar refractivity (Wildman–Crippen MR) is 110 cm³/mol. The normalized spacial score (nSPS) is 11.0. The fourth-order valence-electron chi connectivity index (χ4n) is 2.63. The fourth-order valence-corrected chi connectivity index (χ4v) is 2.80. The van der Waals surface area contributed by atoms with Gasteiger partial charge in [-0.2, -0.15) is 13.2 Å². The van der Waals surface area contributed by atoms with Gasteiger partial charge in [0.25, 0.3) is 5.91 Å². The van der Waals surface area contributed by atoms with E-state index in [1.165, 1.54) is 0 Å². The number of rotatable bonds is 7. The average Bonchev–Trinajstić information content (AvgIpc) is 2.68. The molecule has 0 aliphatic heterocycles. The standard InChI is InChI=1S/C21H20ClF3N2O4/c1-12-4-3-5-13(2)20(12)27-18(29)11-31-19(30)9-8-17(28)26-16-10-14(21(23,24)25)6-7-15(16)22/h3-7,10H,8-9,11H2,1-2H3,(H,26,28)(H,27,29). The number of halogens is 4. The van der Waals surface area contributed by atoms with Crippen LogP contribution >= 0.6 is 11.6 Å². The maximum atomic E-state index is 12.8. The summed E-state index contributed by atoms with van der Waals surface area (Å²) in [6, 6.07) is 8.00. The lowest BCUT2D eigenvalue weighted by atomic mass is 10.1. The zero-order chi connectivity index (χ0) is 23.2. The lowest BCUT2D eigenvalue weighted by Gasteiger charge is -2.12. The highest BCUT2D eigenvalue weighted by atomic mass is 35.5. The molecule has 2 amide bonds. The summed E-state index contributed by atoms with van der Waals surface area (Å²) < 4.78 is 43.2. The second-order valence-electron chi connectivity index (χ2n) is 6.72. The van der Waals surface area contributed by atoms with Crippen molar-refractivity contribution in [3.05, 3.63) is 58.1 Å². The summed E-state index contributed by atoms with van der Waals surface area (Å²) in [5.41, 5.74) is 1.14. The van der Waals surface area contributed by atoms with Gasteiger partial charge >= 0.3 is 12.1 Å². The molecule has 0 atom stereocenters. The van der Waals surface area contributed by atoms with E-state index in [9.17, 15) is 27.6 Å². The van der Waals surface area contributed by atoms with Crippen LogP contribution in [0.3, 0.4) is 0 Å². The highest BCUT2D eigenvalue weighted by molar-refractivity contribution is 6.33. The van der Waals surface area contributed by atoms with Crippen molar-refractivity contribution in [2.45, 2.75) is 32.9 Å². The highest BCUT2D eigenvalue weighted by Gasteiger charge is 2.31. The van der Waals surface area contributed by atoms with Crippen molar-refractivity contribution in [2.75, 3.05) is 17.2 Å². The molecule has 0 aromatic heterocycles. The highest BCUT2D eigenvalue weighted by Crippen LogP contribution is 2.33.